The maximum Gasteiger partial charge on any atom is 0.408 e. The van der Waals surface area contributed by atoms with E-state index in [9.17, 15) is 14.4 Å². The van der Waals surface area contributed by atoms with Gasteiger partial charge in [-0.2, -0.15) is 0 Å². The molecular formula is C23H38N2O5. The summed E-state index contributed by atoms with van der Waals surface area (Å²) in [6.07, 6.45) is 5.80. The standard InChI is InChI=1S/C23H38N2O5/c1-8-11-16(24-21(28)30-23(5,6)7)19(26)25-17-13-10-9-12-15(17)14-18(25)20(27)29-22(2,3)4/h8,15-18H,1,9-14H2,2-7H3,(H,24,28)/t15-,16?,17-,18-/m0/s1. The van der Waals surface area contributed by atoms with Crippen LogP contribution >= 0.6 is 0 Å². The van der Waals surface area contributed by atoms with Crippen molar-refractivity contribution in [2.75, 3.05) is 0 Å². The second-order valence-electron chi connectivity index (χ2n) is 10.4. The van der Waals surface area contributed by atoms with E-state index in [0.29, 0.717) is 6.42 Å². The van der Waals surface area contributed by atoms with Gasteiger partial charge in [0.15, 0.2) is 0 Å². The number of nitrogens with zero attached hydrogens (tertiary/aromatic N) is 1. The number of carbonyl (C=O) groups excluding carboxylic acids is 3. The fourth-order valence-corrected chi connectivity index (χ4v) is 4.38. The van der Waals surface area contributed by atoms with Crippen LogP contribution in [0.25, 0.3) is 0 Å². The lowest BCUT2D eigenvalue weighted by atomic mass is 9.84. The Bertz CT molecular complexity index is 661. The smallest absolute Gasteiger partial charge is 0.408 e. The fourth-order valence-electron chi connectivity index (χ4n) is 4.38. The Labute approximate surface area is 180 Å². The molecule has 0 aromatic heterocycles. The molecule has 1 heterocycles. The van der Waals surface area contributed by atoms with E-state index < -0.39 is 29.4 Å². The number of fused-ring (bicyclic) bond motifs is 1. The largest absolute Gasteiger partial charge is 0.458 e. The molecule has 0 spiro atoms. The number of esters is 1. The topological polar surface area (TPSA) is 84.9 Å². The number of rotatable bonds is 5. The number of nitrogens with one attached hydrogen (secondary N) is 1. The summed E-state index contributed by atoms with van der Waals surface area (Å²) in [6.45, 7) is 14.5. The second-order valence-corrected chi connectivity index (χ2v) is 10.4. The highest BCUT2D eigenvalue weighted by molar-refractivity contribution is 5.91. The zero-order chi connectivity index (χ0) is 22.7. The highest BCUT2D eigenvalue weighted by Crippen LogP contribution is 2.41. The molecule has 1 aliphatic carbocycles. The molecule has 7 heteroatoms. The highest BCUT2D eigenvalue weighted by Gasteiger charge is 2.50. The third kappa shape index (κ3) is 6.47. The summed E-state index contributed by atoms with van der Waals surface area (Å²) in [4.78, 5) is 40.5. The van der Waals surface area contributed by atoms with E-state index in [0.717, 1.165) is 25.7 Å². The van der Waals surface area contributed by atoms with Crippen molar-refractivity contribution in [3.63, 3.8) is 0 Å². The molecule has 1 saturated heterocycles. The summed E-state index contributed by atoms with van der Waals surface area (Å²) < 4.78 is 11.0. The first-order valence-electron chi connectivity index (χ1n) is 11.0. The average molecular weight is 423 g/mol. The van der Waals surface area contributed by atoms with Gasteiger partial charge in [0, 0.05) is 6.04 Å². The number of alkyl carbamates (subject to hydrolysis) is 1. The molecule has 170 valence electrons. The normalized spacial score (nSPS) is 25.1. The number of likely N-dealkylation sites (tertiary alicyclic amines) is 1. The summed E-state index contributed by atoms with van der Waals surface area (Å²) >= 11 is 0. The van der Waals surface area contributed by atoms with Crippen molar-refractivity contribution in [2.24, 2.45) is 5.92 Å². The maximum atomic E-state index is 13.6. The highest BCUT2D eigenvalue weighted by atomic mass is 16.6. The van der Waals surface area contributed by atoms with Crippen molar-refractivity contribution in [3.05, 3.63) is 12.7 Å². The van der Waals surface area contributed by atoms with Gasteiger partial charge in [-0.1, -0.05) is 18.9 Å². The molecule has 30 heavy (non-hydrogen) atoms. The predicted molar refractivity (Wildman–Crippen MR) is 115 cm³/mol. The first-order valence-corrected chi connectivity index (χ1v) is 11.0. The van der Waals surface area contributed by atoms with E-state index in [-0.39, 0.29) is 30.3 Å². The van der Waals surface area contributed by atoms with Crippen LogP contribution in [0.3, 0.4) is 0 Å². The molecule has 1 unspecified atom stereocenters. The van der Waals surface area contributed by atoms with Gasteiger partial charge in [-0.05, 0) is 73.1 Å². The Balaban J connectivity index is 2.25. The second kappa shape index (κ2) is 9.40. The van der Waals surface area contributed by atoms with Gasteiger partial charge in [-0.15, -0.1) is 6.58 Å². The zero-order valence-electron chi connectivity index (χ0n) is 19.3. The monoisotopic (exact) mass is 422 g/mol. The molecule has 1 N–H and O–H groups in total. The van der Waals surface area contributed by atoms with E-state index in [1.54, 1.807) is 31.7 Å². The van der Waals surface area contributed by atoms with E-state index in [2.05, 4.69) is 11.9 Å². The van der Waals surface area contributed by atoms with E-state index in [1.807, 2.05) is 20.8 Å². The van der Waals surface area contributed by atoms with Gasteiger partial charge < -0.3 is 19.7 Å². The van der Waals surface area contributed by atoms with Crippen LogP contribution in [0, 0.1) is 5.92 Å². The Kier molecular flexibility index (Phi) is 7.59. The number of ether oxygens (including phenoxy) is 2. The zero-order valence-corrected chi connectivity index (χ0v) is 19.3. The maximum absolute atomic E-state index is 13.6. The summed E-state index contributed by atoms with van der Waals surface area (Å²) in [5.74, 6) is -0.364. The van der Waals surface area contributed by atoms with Gasteiger partial charge in [-0.25, -0.2) is 9.59 Å². The van der Waals surface area contributed by atoms with Crippen LogP contribution in [0.2, 0.25) is 0 Å². The number of carbonyl (C=O) groups is 3. The lowest BCUT2D eigenvalue weighted by molar-refractivity contribution is -0.164. The molecule has 0 aromatic carbocycles. The first-order chi connectivity index (χ1) is 13.8. The number of amides is 2. The minimum absolute atomic E-state index is 0.00322. The summed E-state index contributed by atoms with van der Waals surface area (Å²) in [7, 11) is 0. The molecule has 1 saturated carbocycles. The van der Waals surface area contributed by atoms with Crippen molar-refractivity contribution in [3.8, 4) is 0 Å². The lowest BCUT2D eigenvalue weighted by Crippen LogP contribution is -2.55. The molecule has 2 aliphatic rings. The summed E-state index contributed by atoms with van der Waals surface area (Å²) in [5.41, 5.74) is -1.30. The van der Waals surface area contributed by atoms with Crippen molar-refractivity contribution < 1.29 is 23.9 Å². The Morgan fingerprint density at radius 3 is 2.23 bits per heavy atom. The predicted octanol–water partition coefficient (Wildman–Crippen LogP) is 3.96. The molecule has 7 nitrogen and oxygen atoms in total. The van der Waals surface area contributed by atoms with Crippen LogP contribution in [0.5, 0.6) is 0 Å². The van der Waals surface area contributed by atoms with Crippen molar-refractivity contribution in [2.45, 2.75) is 109 Å². The third-order valence-electron chi connectivity index (χ3n) is 5.41. The van der Waals surface area contributed by atoms with Gasteiger partial charge in [0.25, 0.3) is 0 Å². The molecule has 0 aromatic rings. The van der Waals surface area contributed by atoms with E-state index in [4.69, 9.17) is 9.47 Å². The number of hydrogen-bond acceptors (Lipinski definition) is 5. The van der Waals surface area contributed by atoms with Crippen LogP contribution in [-0.4, -0.2) is 52.2 Å². The third-order valence-corrected chi connectivity index (χ3v) is 5.41. The molecule has 0 bridgehead atoms. The van der Waals surface area contributed by atoms with Crippen LogP contribution in [0.1, 0.15) is 80.1 Å². The Morgan fingerprint density at radius 1 is 1.07 bits per heavy atom. The minimum atomic E-state index is -0.831. The SMILES string of the molecule is C=CCC(NC(=O)OC(C)(C)C)C(=O)N1[C@H](C(=O)OC(C)(C)C)C[C@@H]2CCCC[C@@H]21. The first kappa shape index (κ1) is 24.2. The van der Waals surface area contributed by atoms with Crippen molar-refractivity contribution in [1.82, 2.24) is 10.2 Å². The molecular weight excluding hydrogens is 384 g/mol. The van der Waals surface area contributed by atoms with Crippen LogP contribution < -0.4 is 5.32 Å². The minimum Gasteiger partial charge on any atom is -0.458 e. The number of hydrogen-bond donors (Lipinski definition) is 1. The lowest BCUT2D eigenvalue weighted by Gasteiger charge is -2.36. The van der Waals surface area contributed by atoms with Crippen molar-refractivity contribution >= 4 is 18.0 Å². The Hall–Kier alpha value is -2.05. The molecule has 1 aliphatic heterocycles. The van der Waals surface area contributed by atoms with Gasteiger partial charge in [0.05, 0.1) is 0 Å². The van der Waals surface area contributed by atoms with Crippen LogP contribution in [-0.2, 0) is 19.1 Å². The molecule has 2 rings (SSSR count). The molecule has 0 radical (unpaired) electrons. The summed E-state index contributed by atoms with van der Waals surface area (Å²) in [6, 6.07) is -1.46. The van der Waals surface area contributed by atoms with E-state index >= 15 is 0 Å². The summed E-state index contributed by atoms with van der Waals surface area (Å²) in [5, 5.41) is 2.68. The van der Waals surface area contributed by atoms with E-state index in [1.165, 1.54) is 0 Å². The fraction of sp³-hybridized carbons (Fsp3) is 0.783. The van der Waals surface area contributed by atoms with Gasteiger partial charge in [0.2, 0.25) is 5.91 Å². The molecule has 2 amide bonds. The quantitative estimate of drug-likeness (QED) is 0.535. The van der Waals surface area contributed by atoms with Gasteiger partial charge >= 0.3 is 12.1 Å². The van der Waals surface area contributed by atoms with Gasteiger partial charge in [-0.3, -0.25) is 4.79 Å². The average Bonchev–Trinajstić information content (AvgIpc) is 2.97. The van der Waals surface area contributed by atoms with Crippen molar-refractivity contribution in [1.29, 1.82) is 0 Å². The Morgan fingerprint density at radius 2 is 1.67 bits per heavy atom. The molecule has 4 atom stereocenters. The molecule has 2 fully saturated rings. The van der Waals surface area contributed by atoms with Gasteiger partial charge in [0.1, 0.15) is 23.3 Å². The van der Waals surface area contributed by atoms with Crippen LogP contribution in [0.4, 0.5) is 4.79 Å². The van der Waals surface area contributed by atoms with Crippen LogP contribution in [0.15, 0.2) is 12.7 Å².